The van der Waals surface area contributed by atoms with Gasteiger partial charge in [0.15, 0.2) is 4.34 Å². The Hall–Kier alpha value is -1.82. The maximum Gasteiger partial charge on any atom is 0.241 e. The largest absolute Gasteiger partial charge is 0.339 e. The van der Waals surface area contributed by atoms with Gasteiger partial charge >= 0.3 is 0 Å². The van der Waals surface area contributed by atoms with Gasteiger partial charge in [-0.3, -0.25) is 9.69 Å². The molecule has 0 atom stereocenters. The molecule has 1 aliphatic heterocycles. The molecule has 0 unspecified atom stereocenters. The van der Waals surface area contributed by atoms with Crippen molar-refractivity contribution in [3.63, 3.8) is 0 Å². The number of piperazine rings is 1. The molecule has 1 fully saturated rings. The smallest absolute Gasteiger partial charge is 0.241 e. The summed E-state index contributed by atoms with van der Waals surface area (Å²) in [6.07, 6.45) is 0. The summed E-state index contributed by atoms with van der Waals surface area (Å²) in [4.78, 5) is 21.9. The van der Waals surface area contributed by atoms with Crippen molar-refractivity contribution in [2.24, 2.45) is 0 Å². The van der Waals surface area contributed by atoms with Crippen molar-refractivity contribution in [1.82, 2.24) is 30.1 Å². The molecule has 0 radical (unpaired) electrons. The fourth-order valence-corrected chi connectivity index (χ4v) is 4.65. The zero-order valence-electron chi connectivity index (χ0n) is 13.8. The third-order valence-corrected chi connectivity index (χ3v) is 6.66. The van der Waals surface area contributed by atoms with Gasteiger partial charge < -0.3 is 9.42 Å². The van der Waals surface area contributed by atoms with Gasteiger partial charge in [-0.2, -0.15) is 4.98 Å². The van der Waals surface area contributed by atoms with Crippen LogP contribution < -0.4 is 0 Å². The fraction of sp³-hybridized carbons (Fsp3) is 0.400. The van der Waals surface area contributed by atoms with Gasteiger partial charge in [0.25, 0.3) is 0 Å². The van der Waals surface area contributed by atoms with Crippen LogP contribution in [0.5, 0.6) is 0 Å². The molecule has 3 aromatic heterocycles. The molecule has 0 N–H and O–H groups in total. The molecular formula is C15H16N6O2S3. The number of rotatable bonds is 6. The lowest BCUT2D eigenvalue weighted by molar-refractivity contribution is -0.130. The molecule has 136 valence electrons. The Balaban J connectivity index is 1.24. The highest BCUT2D eigenvalue weighted by Gasteiger charge is 2.23. The number of thioether (sulfide) groups is 1. The lowest BCUT2D eigenvalue weighted by atomic mass is 10.3. The fourth-order valence-electron chi connectivity index (χ4n) is 2.61. The summed E-state index contributed by atoms with van der Waals surface area (Å²) in [6.45, 7) is 3.63. The van der Waals surface area contributed by atoms with E-state index in [9.17, 15) is 4.79 Å². The van der Waals surface area contributed by atoms with E-state index in [0.717, 1.165) is 22.3 Å². The van der Waals surface area contributed by atoms with Crippen molar-refractivity contribution >= 4 is 40.3 Å². The summed E-state index contributed by atoms with van der Waals surface area (Å²) in [6, 6.07) is 3.94. The van der Waals surface area contributed by atoms with Crippen LogP contribution in [0.15, 0.2) is 31.9 Å². The zero-order chi connectivity index (χ0) is 17.8. The van der Waals surface area contributed by atoms with Crippen LogP contribution in [0.4, 0.5) is 0 Å². The highest BCUT2D eigenvalue weighted by Crippen LogP contribution is 2.22. The quantitative estimate of drug-likeness (QED) is 0.573. The number of hydrogen-bond donors (Lipinski definition) is 0. The Kier molecular flexibility index (Phi) is 5.58. The molecule has 3 aromatic rings. The van der Waals surface area contributed by atoms with Crippen LogP contribution in [0.3, 0.4) is 0 Å². The molecule has 1 amide bonds. The van der Waals surface area contributed by atoms with Crippen LogP contribution in [-0.2, 0) is 11.3 Å². The van der Waals surface area contributed by atoms with Gasteiger partial charge in [-0.1, -0.05) is 34.3 Å². The zero-order valence-corrected chi connectivity index (χ0v) is 16.2. The maximum atomic E-state index is 12.3. The van der Waals surface area contributed by atoms with E-state index >= 15 is 0 Å². The molecule has 4 heterocycles. The van der Waals surface area contributed by atoms with Crippen LogP contribution in [0.2, 0.25) is 0 Å². The average Bonchev–Trinajstić information content (AvgIpc) is 3.41. The number of amides is 1. The van der Waals surface area contributed by atoms with Crippen molar-refractivity contribution in [1.29, 1.82) is 0 Å². The third kappa shape index (κ3) is 4.29. The standard InChI is InChI=1S/C15H16N6O2S3/c22-13(9-25-15-18-16-10-26-15)21-5-3-20(4-6-21)8-12-17-14(19-23-12)11-2-1-7-24-11/h1-2,7,10H,3-6,8-9H2. The van der Waals surface area contributed by atoms with Crippen LogP contribution >= 0.6 is 34.4 Å². The monoisotopic (exact) mass is 408 g/mol. The van der Waals surface area contributed by atoms with Crippen LogP contribution in [0.1, 0.15) is 5.89 Å². The molecule has 0 aliphatic carbocycles. The second-order valence-electron chi connectivity index (χ2n) is 5.64. The predicted molar refractivity (Wildman–Crippen MR) is 100 cm³/mol. The summed E-state index contributed by atoms with van der Waals surface area (Å²) in [5.74, 6) is 1.79. The lowest BCUT2D eigenvalue weighted by Crippen LogP contribution is -2.48. The number of carbonyl (C=O) groups excluding carboxylic acids is 1. The minimum absolute atomic E-state index is 0.141. The van der Waals surface area contributed by atoms with Gasteiger partial charge in [0.05, 0.1) is 17.2 Å². The van der Waals surface area contributed by atoms with E-state index in [1.54, 1.807) is 16.8 Å². The topological polar surface area (TPSA) is 88.3 Å². The SMILES string of the molecule is O=C(CSc1nncs1)N1CCN(Cc2nc(-c3cccs3)no2)CC1. The number of thiophene rings is 1. The van der Waals surface area contributed by atoms with E-state index in [-0.39, 0.29) is 5.91 Å². The molecule has 8 nitrogen and oxygen atoms in total. The van der Waals surface area contributed by atoms with Gasteiger partial charge in [0.2, 0.25) is 17.6 Å². The van der Waals surface area contributed by atoms with E-state index in [0.29, 0.717) is 37.1 Å². The van der Waals surface area contributed by atoms with E-state index in [1.165, 1.54) is 23.1 Å². The summed E-state index contributed by atoms with van der Waals surface area (Å²) in [5.41, 5.74) is 1.67. The van der Waals surface area contributed by atoms with Crippen LogP contribution in [0.25, 0.3) is 10.7 Å². The number of aromatic nitrogens is 4. The van der Waals surface area contributed by atoms with Gasteiger partial charge in [0.1, 0.15) is 5.51 Å². The highest BCUT2D eigenvalue weighted by atomic mass is 32.2. The third-order valence-electron chi connectivity index (χ3n) is 3.95. The normalized spacial score (nSPS) is 15.5. The molecule has 1 aliphatic rings. The van der Waals surface area contributed by atoms with Gasteiger partial charge in [-0.15, -0.1) is 21.5 Å². The summed E-state index contributed by atoms with van der Waals surface area (Å²) >= 11 is 4.48. The summed E-state index contributed by atoms with van der Waals surface area (Å²) in [5, 5.41) is 13.7. The number of nitrogens with zero attached hydrogens (tertiary/aromatic N) is 6. The van der Waals surface area contributed by atoms with Gasteiger partial charge in [-0.05, 0) is 11.4 Å². The van der Waals surface area contributed by atoms with Crippen molar-refractivity contribution in [3.05, 3.63) is 28.9 Å². The van der Waals surface area contributed by atoms with E-state index < -0.39 is 0 Å². The Bertz CT molecular complexity index is 828. The molecule has 0 saturated carbocycles. The predicted octanol–water partition coefficient (Wildman–Crippen LogP) is 2.09. The molecule has 1 saturated heterocycles. The minimum Gasteiger partial charge on any atom is -0.339 e. The van der Waals surface area contributed by atoms with Crippen molar-refractivity contribution in [2.75, 3.05) is 31.9 Å². The first-order chi connectivity index (χ1) is 12.8. The molecule has 0 spiro atoms. The molecule has 4 rings (SSSR count). The Morgan fingerprint density at radius 1 is 1.27 bits per heavy atom. The van der Waals surface area contributed by atoms with Crippen molar-refractivity contribution < 1.29 is 9.32 Å². The Morgan fingerprint density at radius 3 is 2.88 bits per heavy atom. The van der Waals surface area contributed by atoms with Crippen molar-refractivity contribution in [2.45, 2.75) is 10.9 Å². The molecule has 26 heavy (non-hydrogen) atoms. The lowest BCUT2D eigenvalue weighted by Gasteiger charge is -2.33. The maximum absolute atomic E-state index is 12.3. The molecule has 0 aromatic carbocycles. The highest BCUT2D eigenvalue weighted by molar-refractivity contribution is 8.01. The van der Waals surface area contributed by atoms with Crippen LogP contribution in [0, 0.1) is 0 Å². The summed E-state index contributed by atoms with van der Waals surface area (Å²) in [7, 11) is 0. The van der Waals surface area contributed by atoms with E-state index in [1.807, 2.05) is 22.4 Å². The van der Waals surface area contributed by atoms with Crippen LogP contribution in [-0.4, -0.2) is 68.0 Å². The Labute approximate surface area is 162 Å². The summed E-state index contributed by atoms with van der Waals surface area (Å²) < 4.78 is 6.18. The molecular weight excluding hydrogens is 392 g/mol. The van der Waals surface area contributed by atoms with E-state index in [4.69, 9.17) is 4.52 Å². The molecule has 11 heteroatoms. The second kappa shape index (κ2) is 8.25. The first kappa shape index (κ1) is 17.6. The second-order valence-corrected chi connectivity index (χ2v) is 8.64. The first-order valence-corrected chi connectivity index (χ1v) is 10.8. The average molecular weight is 409 g/mol. The van der Waals surface area contributed by atoms with Gasteiger partial charge in [0, 0.05) is 26.2 Å². The first-order valence-electron chi connectivity index (χ1n) is 8.03. The van der Waals surface area contributed by atoms with E-state index in [2.05, 4.69) is 25.2 Å². The van der Waals surface area contributed by atoms with Crippen molar-refractivity contribution in [3.8, 4) is 10.7 Å². The molecule has 0 bridgehead atoms. The minimum atomic E-state index is 0.141. The number of carbonyl (C=O) groups is 1. The number of hydrogen-bond acceptors (Lipinski definition) is 10. The Morgan fingerprint density at radius 2 is 2.15 bits per heavy atom. The van der Waals surface area contributed by atoms with Gasteiger partial charge in [-0.25, -0.2) is 0 Å².